The first-order valence-corrected chi connectivity index (χ1v) is 11.8. The Labute approximate surface area is 205 Å². The van der Waals surface area contributed by atoms with Crippen LogP contribution in [-0.4, -0.2) is 11.8 Å². The molecule has 0 saturated carbocycles. The van der Waals surface area contributed by atoms with E-state index in [1.54, 1.807) is 60.7 Å². The Morgan fingerprint density at radius 3 is 2.40 bits per heavy atom. The number of carbonyl (C=O) groups excluding carboxylic acids is 2. The molecule has 7 heteroatoms. The van der Waals surface area contributed by atoms with Crippen LogP contribution in [0.4, 0.5) is 14.5 Å². The lowest BCUT2D eigenvalue weighted by molar-refractivity contribution is 0.0947. The molecule has 2 amide bonds. The van der Waals surface area contributed by atoms with E-state index in [0.29, 0.717) is 22.4 Å². The Balaban J connectivity index is 1.49. The maximum atomic E-state index is 14.5. The maximum Gasteiger partial charge on any atom is 0.259 e. The van der Waals surface area contributed by atoms with Crippen molar-refractivity contribution in [2.24, 2.45) is 0 Å². The molecule has 0 aromatic heterocycles. The molecule has 4 aromatic rings. The van der Waals surface area contributed by atoms with Crippen LogP contribution < -0.4 is 10.2 Å². The fourth-order valence-electron chi connectivity index (χ4n) is 3.90. The fraction of sp³-hybridized carbons (Fsp3) is 0.0714. The van der Waals surface area contributed by atoms with E-state index in [1.165, 1.54) is 34.9 Å². The summed E-state index contributed by atoms with van der Waals surface area (Å²) in [5.74, 6) is -1.34. The number of hydrogen-bond donors (Lipinski definition) is 1. The Kier molecular flexibility index (Phi) is 6.33. The second-order valence-electron chi connectivity index (χ2n) is 8.07. The van der Waals surface area contributed by atoms with Gasteiger partial charge in [-0.15, -0.1) is 0 Å². The summed E-state index contributed by atoms with van der Waals surface area (Å²) in [6, 6.07) is 24.7. The van der Waals surface area contributed by atoms with Crippen molar-refractivity contribution in [1.29, 1.82) is 0 Å². The smallest absolute Gasteiger partial charge is 0.259 e. The molecule has 4 nitrogen and oxygen atoms in total. The molecule has 0 bridgehead atoms. The summed E-state index contributed by atoms with van der Waals surface area (Å²) in [6.45, 7) is 0.252. The molecule has 1 heterocycles. The van der Waals surface area contributed by atoms with Gasteiger partial charge in [0, 0.05) is 27.5 Å². The number of hydrogen-bond acceptors (Lipinski definition) is 3. The molecular weight excluding hydrogens is 466 g/mol. The van der Waals surface area contributed by atoms with Crippen LogP contribution in [0.3, 0.4) is 0 Å². The standard InChI is InChI=1S/C28H20F2N2O2S/c29-21-12-9-18(10-13-21)16-31-27(33)19-11-14-26-24(15-19)32(17-20-5-1-3-7-23(20)30)28(34)22-6-2-4-8-25(22)35-26/h1-15H,16-17H2,(H,31,33). The highest BCUT2D eigenvalue weighted by molar-refractivity contribution is 7.99. The van der Waals surface area contributed by atoms with Gasteiger partial charge in [-0.05, 0) is 54.1 Å². The van der Waals surface area contributed by atoms with E-state index in [2.05, 4.69) is 5.32 Å². The van der Waals surface area contributed by atoms with Crippen LogP contribution in [0.1, 0.15) is 31.8 Å². The Morgan fingerprint density at radius 2 is 1.60 bits per heavy atom. The fourth-order valence-corrected chi connectivity index (χ4v) is 4.96. The summed E-state index contributed by atoms with van der Waals surface area (Å²) in [6.07, 6.45) is 0. The van der Waals surface area contributed by atoms with Gasteiger partial charge < -0.3 is 10.2 Å². The molecule has 0 radical (unpaired) electrons. The van der Waals surface area contributed by atoms with Gasteiger partial charge in [0.1, 0.15) is 11.6 Å². The van der Waals surface area contributed by atoms with Crippen molar-refractivity contribution >= 4 is 29.3 Å². The number of benzene rings is 4. The highest BCUT2D eigenvalue weighted by Crippen LogP contribution is 2.42. The van der Waals surface area contributed by atoms with Gasteiger partial charge in [-0.3, -0.25) is 9.59 Å². The molecule has 0 atom stereocenters. The van der Waals surface area contributed by atoms with E-state index in [-0.39, 0.29) is 30.7 Å². The summed E-state index contributed by atoms with van der Waals surface area (Å²) in [4.78, 5) is 29.6. The zero-order valence-electron chi connectivity index (χ0n) is 18.5. The molecule has 0 spiro atoms. The second-order valence-corrected chi connectivity index (χ2v) is 9.16. The quantitative estimate of drug-likeness (QED) is 0.365. The average molecular weight is 487 g/mol. The number of nitrogens with zero attached hydrogens (tertiary/aromatic N) is 1. The van der Waals surface area contributed by atoms with Crippen LogP contribution in [0, 0.1) is 11.6 Å². The molecule has 1 aliphatic rings. The van der Waals surface area contributed by atoms with Gasteiger partial charge in [0.05, 0.1) is 17.8 Å². The Hall–Kier alpha value is -3.97. The Bertz CT molecular complexity index is 1420. The van der Waals surface area contributed by atoms with Crippen molar-refractivity contribution in [2.75, 3.05) is 4.90 Å². The number of fused-ring (bicyclic) bond motifs is 2. The number of halogens is 2. The van der Waals surface area contributed by atoms with Gasteiger partial charge in [0.15, 0.2) is 0 Å². The van der Waals surface area contributed by atoms with Gasteiger partial charge in [0.25, 0.3) is 11.8 Å². The normalized spacial score (nSPS) is 12.5. The highest BCUT2D eigenvalue weighted by Gasteiger charge is 2.28. The van der Waals surface area contributed by atoms with Crippen molar-refractivity contribution in [1.82, 2.24) is 5.32 Å². The summed E-state index contributed by atoms with van der Waals surface area (Å²) < 4.78 is 27.7. The zero-order valence-corrected chi connectivity index (χ0v) is 19.3. The van der Waals surface area contributed by atoms with E-state index >= 15 is 0 Å². The second kappa shape index (κ2) is 9.72. The lowest BCUT2D eigenvalue weighted by Crippen LogP contribution is -2.31. The first-order valence-electron chi connectivity index (χ1n) is 11.0. The molecule has 1 N–H and O–H groups in total. The number of anilines is 1. The molecule has 0 aliphatic carbocycles. The van der Waals surface area contributed by atoms with E-state index in [0.717, 1.165) is 15.4 Å². The first kappa shape index (κ1) is 22.8. The van der Waals surface area contributed by atoms with Crippen LogP contribution in [0.15, 0.2) is 101 Å². The largest absolute Gasteiger partial charge is 0.348 e. The molecule has 174 valence electrons. The number of carbonyl (C=O) groups is 2. The van der Waals surface area contributed by atoms with Crippen molar-refractivity contribution in [3.63, 3.8) is 0 Å². The zero-order chi connectivity index (χ0) is 24.4. The number of rotatable bonds is 5. The van der Waals surface area contributed by atoms with Crippen LogP contribution in [0.25, 0.3) is 0 Å². The minimum absolute atomic E-state index is 0.0219. The van der Waals surface area contributed by atoms with Crippen molar-refractivity contribution in [3.8, 4) is 0 Å². The van der Waals surface area contributed by atoms with Crippen molar-refractivity contribution in [2.45, 2.75) is 22.9 Å². The van der Waals surface area contributed by atoms with E-state index in [4.69, 9.17) is 0 Å². The van der Waals surface area contributed by atoms with E-state index in [9.17, 15) is 18.4 Å². The third-order valence-corrected chi connectivity index (χ3v) is 6.89. The van der Waals surface area contributed by atoms with Gasteiger partial charge >= 0.3 is 0 Å². The lowest BCUT2D eigenvalue weighted by Gasteiger charge is -2.24. The van der Waals surface area contributed by atoms with Gasteiger partial charge in [-0.25, -0.2) is 8.78 Å². The molecule has 35 heavy (non-hydrogen) atoms. The predicted molar refractivity (Wildman–Crippen MR) is 131 cm³/mol. The van der Waals surface area contributed by atoms with Crippen LogP contribution in [-0.2, 0) is 13.1 Å². The van der Waals surface area contributed by atoms with Crippen LogP contribution in [0.5, 0.6) is 0 Å². The predicted octanol–water partition coefficient (Wildman–Crippen LogP) is 6.21. The summed E-state index contributed by atoms with van der Waals surface area (Å²) in [5.41, 5.74) is 2.56. The lowest BCUT2D eigenvalue weighted by atomic mass is 10.1. The molecule has 1 aliphatic heterocycles. The third kappa shape index (κ3) is 4.81. The van der Waals surface area contributed by atoms with Crippen LogP contribution in [0.2, 0.25) is 0 Å². The molecule has 0 saturated heterocycles. The van der Waals surface area contributed by atoms with E-state index in [1.807, 2.05) is 12.1 Å². The maximum absolute atomic E-state index is 14.5. The third-order valence-electron chi connectivity index (χ3n) is 5.75. The SMILES string of the molecule is O=C(NCc1ccc(F)cc1)c1ccc2c(c1)N(Cc1ccccc1F)C(=O)c1ccccc1S2. The molecule has 0 unspecified atom stereocenters. The topological polar surface area (TPSA) is 49.4 Å². The molecule has 0 fully saturated rings. The average Bonchev–Trinajstić information content (AvgIpc) is 2.99. The first-order chi connectivity index (χ1) is 17.0. The highest BCUT2D eigenvalue weighted by atomic mass is 32.2. The van der Waals surface area contributed by atoms with Crippen molar-refractivity contribution < 1.29 is 18.4 Å². The van der Waals surface area contributed by atoms with Gasteiger partial charge in [-0.2, -0.15) is 0 Å². The minimum atomic E-state index is -0.403. The van der Waals surface area contributed by atoms with Crippen molar-refractivity contribution in [3.05, 3.63) is 125 Å². The monoisotopic (exact) mass is 486 g/mol. The molecular formula is C28H20F2N2O2S. The molecule has 5 rings (SSSR count). The Morgan fingerprint density at radius 1 is 0.857 bits per heavy atom. The van der Waals surface area contributed by atoms with Gasteiger partial charge in [-0.1, -0.05) is 54.2 Å². The number of nitrogens with one attached hydrogen (secondary N) is 1. The minimum Gasteiger partial charge on any atom is -0.348 e. The molecule has 4 aromatic carbocycles. The van der Waals surface area contributed by atoms with Crippen LogP contribution >= 0.6 is 11.8 Å². The summed E-state index contributed by atoms with van der Waals surface area (Å²) in [7, 11) is 0. The summed E-state index contributed by atoms with van der Waals surface area (Å²) >= 11 is 1.43. The number of amides is 2. The van der Waals surface area contributed by atoms with Gasteiger partial charge in [0.2, 0.25) is 0 Å². The van der Waals surface area contributed by atoms with E-state index < -0.39 is 5.82 Å². The summed E-state index contributed by atoms with van der Waals surface area (Å²) in [5, 5.41) is 2.83.